The lowest BCUT2D eigenvalue weighted by molar-refractivity contribution is -0.131. The maximum absolute atomic E-state index is 14.0. The number of carbonyl (C=O) groups excluding carboxylic acids is 2. The van der Waals surface area contributed by atoms with Crippen molar-refractivity contribution in [3.63, 3.8) is 0 Å². The van der Waals surface area contributed by atoms with Gasteiger partial charge in [-0.25, -0.2) is 8.78 Å². The van der Waals surface area contributed by atoms with Crippen molar-refractivity contribution in [3.8, 4) is 0 Å². The third-order valence-electron chi connectivity index (χ3n) is 4.09. The van der Waals surface area contributed by atoms with E-state index in [0.29, 0.717) is 13.1 Å². The molecular formula is C20H22F2N2O2. The molecule has 0 bridgehead atoms. The first-order valence-corrected chi connectivity index (χ1v) is 8.47. The summed E-state index contributed by atoms with van der Waals surface area (Å²) in [6, 6.07) is 12.9. The van der Waals surface area contributed by atoms with Gasteiger partial charge in [-0.2, -0.15) is 0 Å². The third kappa shape index (κ3) is 4.88. The summed E-state index contributed by atoms with van der Waals surface area (Å²) >= 11 is 0. The molecule has 138 valence electrons. The third-order valence-corrected chi connectivity index (χ3v) is 4.09. The van der Waals surface area contributed by atoms with Crippen molar-refractivity contribution in [2.24, 2.45) is 0 Å². The number of anilines is 1. The first-order valence-electron chi connectivity index (χ1n) is 8.47. The Morgan fingerprint density at radius 1 is 0.962 bits per heavy atom. The average molecular weight is 360 g/mol. The molecule has 2 aromatic rings. The molecule has 2 rings (SSSR count). The standard InChI is InChI=1S/C20H22F2N2O2/c1-3-23(14-16-8-5-4-6-9-16)19(26)12-13-24(15(2)25)20-17(21)10-7-11-18(20)22/h4-11H,3,12-14H2,1-2H3. The molecule has 0 N–H and O–H groups in total. The second-order valence-corrected chi connectivity index (χ2v) is 5.88. The fraction of sp³-hybridized carbons (Fsp3) is 0.300. The molecule has 0 saturated heterocycles. The van der Waals surface area contributed by atoms with Crippen LogP contribution in [0.3, 0.4) is 0 Å². The van der Waals surface area contributed by atoms with Crippen LogP contribution < -0.4 is 4.90 Å². The van der Waals surface area contributed by atoms with E-state index in [2.05, 4.69) is 0 Å². The van der Waals surface area contributed by atoms with Crippen molar-refractivity contribution in [2.45, 2.75) is 26.8 Å². The van der Waals surface area contributed by atoms with E-state index in [1.807, 2.05) is 37.3 Å². The number of hydrogen-bond acceptors (Lipinski definition) is 2. The summed E-state index contributed by atoms with van der Waals surface area (Å²) in [6.07, 6.45) is -0.0198. The van der Waals surface area contributed by atoms with E-state index in [-0.39, 0.29) is 18.9 Å². The summed E-state index contributed by atoms with van der Waals surface area (Å²) in [7, 11) is 0. The Bertz CT molecular complexity index is 745. The van der Waals surface area contributed by atoms with Crippen molar-refractivity contribution < 1.29 is 18.4 Å². The van der Waals surface area contributed by atoms with E-state index in [1.165, 1.54) is 13.0 Å². The monoisotopic (exact) mass is 360 g/mol. The number of halogens is 2. The lowest BCUT2D eigenvalue weighted by atomic mass is 10.2. The Morgan fingerprint density at radius 2 is 1.58 bits per heavy atom. The van der Waals surface area contributed by atoms with Gasteiger partial charge in [0.2, 0.25) is 11.8 Å². The van der Waals surface area contributed by atoms with Crippen LogP contribution in [0, 0.1) is 11.6 Å². The Labute approximate surface area is 152 Å². The van der Waals surface area contributed by atoms with Gasteiger partial charge in [-0.1, -0.05) is 36.4 Å². The molecule has 0 heterocycles. The number of rotatable bonds is 7. The summed E-state index contributed by atoms with van der Waals surface area (Å²) < 4.78 is 27.9. The highest BCUT2D eigenvalue weighted by Crippen LogP contribution is 2.23. The minimum Gasteiger partial charge on any atom is -0.339 e. The number of benzene rings is 2. The van der Waals surface area contributed by atoms with Crippen LogP contribution in [0.1, 0.15) is 25.8 Å². The zero-order chi connectivity index (χ0) is 19.1. The summed E-state index contributed by atoms with van der Waals surface area (Å²) in [5.74, 6) is -2.36. The number of para-hydroxylation sites is 1. The predicted octanol–water partition coefficient (Wildman–Crippen LogP) is 3.76. The molecule has 0 atom stereocenters. The first kappa shape index (κ1) is 19.6. The molecule has 0 aliphatic rings. The minimum absolute atomic E-state index is 0.0198. The van der Waals surface area contributed by atoms with Crippen LogP contribution in [0.4, 0.5) is 14.5 Å². The van der Waals surface area contributed by atoms with E-state index < -0.39 is 23.2 Å². The molecule has 0 radical (unpaired) electrons. The highest BCUT2D eigenvalue weighted by atomic mass is 19.1. The summed E-state index contributed by atoms with van der Waals surface area (Å²) in [6.45, 7) is 3.95. The van der Waals surface area contributed by atoms with Gasteiger partial charge >= 0.3 is 0 Å². The zero-order valence-electron chi connectivity index (χ0n) is 14.9. The van der Waals surface area contributed by atoms with Crippen molar-refractivity contribution in [1.82, 2.24) is 4.90 Å². The van der Waals surface area contributed by atoms with E-state index >= 15 is 0 Å². The van der Waals surface area contributed by atoms with Crippen LogP contribution >= 0.6 is 0 Å². The predicted molar refractivity (Wildman–Crippen MR) is 96.5 cm³/mol. The van der Waals surface area contributed by atoms with Crippen LogP contribution in [0.15, 0.2) is 48.5 Å². The molecule has 2 aromatic carbocycles. The normalized spacial score (nSPS) is 10.5. The van der Waals surface area contributed by atoms with Crippen molar-refractivity contribution in [3.05, 3.63) is 65.7 Å². The van der Waals surface area contributed by atoms with Gasteiger partial charge in [0.05, 0.1) is 0 Å². The van der Waals surface area contributed by atoms with Crippen LogP contribution in [0.2, 0.25) is 0 Å². The highest BCUT2D eigenvalue weighted by Gasteiger charge is 2.22. The van der Waals surface area contributed by atoms with Gasteiger partial charge in [0.1, 0.15) is 17.3 Å². The zero-order valence-corrected chi connectivity index (χ0v) is 14.9. The second-order valence-electron chi connectivity index (χ2n) is 5.88. The van der Waals surface area contributed by atoms with Gasteiger partial charge in [-0.3, -0.25) is 9.59 Å². The molecule has 26 heavy (non-hydrogen) atoms. The van der Waals surface area contributed by atoms with Gasteiger partial charge in [0, 0.05) is 33.0 Å². The van der Waals surface area contributed by atoms with E-state index in [4.69, 9.17) is 0 Å². The van der Waals surface area contributed by atoms with Gasteiger partial charge < -0.3 is 9.80 Å². The summed E-state index contributed by atoms with van der Waals surface area (Å²) in [5, 5.41) is 0. The van der Waals surface area contributed by atoms with E-state index in [1.54, 1.807) is 4.90 Å². The Morgan fingerprint density at radius 3 is 2.12 bits per heavy atom. The lowest BCUT2D eigenvalue weighted by Crippen LogP contribution is -2.36. The largest absolute Gasteiger partial charge is 0.339 e. The fourth-order valence-electron chi connectivity index (χ4n) is 2.72. The van der Waals surface area contributed by atoms with Crippen molar-refractivity contribution >= 4 is 17.5 Å². The van der Waals surface area contributed by atoms with Crippen molar-refractivity contribution in [1.29, 1.82) is 0 Å². The van der Waals surface area contributed by atoms with Gasteiger partial charge in [0.25, 0.3) is 0 Å². The van der Waals surface area contributed by atoms with Gasteiger partial charge in [0.15, 0.2) is 0 Å². The SMILES string of the molecule is CCN(Cc1ccccc1)C(=O)CCN(C(C)=O)c1c(F)cccc1F. The smallest absolute Gasteiger partial charge is 0.224 e. The Kier molecular flexibility index (Phi) is 6.83. The van der Waals surface area contributed by atoms with E-state index in [9.17, 15) is 18.4 Å². The molecule has 0 aliphatic carbocycles. The molecule has 0 unspecified atom stereocenters. The maximum atomic E-state index is 14.0. The highest BCUT2D eigenvalue weighted by molar-refractivity contribution is 5.92. The second kappa shape index (κ2) is 9.08. The van der Waals surface area contributed by atoms with Crippen LogP contribution in [0.25, 0.3) is 0 Å². The number of amides is 2. The van der Waals surface area contributed by atoms with Crippen molar-refractivity contribution in [2.75, 3.05) is 18.0 Å². The fourth-order valence-corrected chi connectivity index (χ4v) is 2.72. The number of hydrogen-bond donors (Lipinski definition) is 0. The van der Waals surface area contributed by atoms with Crippen LogP contribution in [-0.4, -0.2) is 29.8 Å². The number of carbonyl (C=O) groups is 2. The van der Waals surface area contributed by atoms with Crippen LogP contribution in [0.5, 0.6) is 0 Å². The topological polar surface area (TPSA) is 40.6 Å². The summed E-state index contributed by atoms with van der Waals surface area (Å²) in [5.41, 5.74) is 0.574. The minimum atomic E-state index is -0.829. The van der Waals surface area contributed by atoms with Gasteiger partial charge in [-0.05, 0) is 24.6 Å². The summed E-state index contributed by atoms with van der Waals surface area (Å²) in [4.78, 5) is 27.0. The molecule has 0 fully saturated rings. The maximum Gasteiger partial charge on any atom is 0.224 e. The Balaban J connectivity index is 2.08. The molecule has 2 amide bonds. The average Bonchev–Trinajstić information content (AvgIpc) is 2.62. The lowest BCUT2D eigenvalue weighted by Gasteiger charge is -2.25. The molecular weight excluding hydrogens is 338 g/mol. The van der Waals surface area contributed by atoms with Gasteiger partial charge in [-0.15, -0.1) is 0 Å². The van der Waals surface area contributed by atoms with E-state index in [0.717, 1.165) is 22.6 Å². The molecule has 0 spiro atoms. The first-order chi connectivity index (χ1) is 12.4. The molecule has 6 heteroatoms. The molecule has 0 aliphatic heterocycles. The molecule has 4 nitrogen and oxygen atoms in total. The number of nitrogens with zero attached hydrogens (tertiary/aromatic N) is 2. The van der Waals surface area contributed by atoms with Crippen LogP contribution in [-0.2, 0) is 16.1 Å². The molecule has 0 aromatic heterocycles. The quantitative estimate of drug-likeness (QED) is 0.754. The Hall–Kier alpha value is -2.76. The molecule has 0 saturated carbocycles.